The van der Waals surface area contributed by atoms with Gasteiger partial charge in [0.2, 0.25) is 5.91 Å². The van der Waals surface area contributed by atoms with Gasteiger partial charge in [-0.2, -0.15) is 0 Å². The summed E-state index contributed by atoms with van der Waals surface area (Å²) >= 11 is 0. The van der Waals surface area contributed by atoms with E-state index in [1.54, 1.807) is 19.2 Å². The summed E-state index contributed by atoms with van der Waals surface area (Å²) in [5, 5.41) is 0. The van der Waals surface area contributed by atoms with E-state index in [2.05, 4.69) is 4.90 Å². The van der Waals surface area contributed by atoms with E-state index >= 15 is 0 Å². The highest BCUT2D eigenvalue weighted by molar-refractivity contribution is 5.77. The van der Waals surface area contributed by atoms with Crippen molar-refractivity contribution in [2.24, 2.45) is 0 Å². The minimum Gasteiger partial charge on any atom is -0.375 e. The maximum absolute atomic E-state index is 13.1. The summed E-state index contributed by atoms with van der Waals surface area (Å²) < 4.78 is 24.2. The Balaban J connectivity index is 1.57. The van der Waals surface area contributed by atoms with Crippen LogP contribution in [-0.4, -0.2) is 62.9 Å². The molecule has 1 aromatic rings. The van der Waals surface area contributed by atoms with Crippen molar-refractivity contribution in [3.05, 3.63) is 30.1 Å². The number of amides is 1. The average Bonchev–Trinajstić information content (AvgIpc) is 2.99. The number of methoxy groups -OCH3 is 1. The molecule has 2 aliphatic heterocycles. The Morgan fingerprint density at radius 1 is 1.38 bits per heavy atom. The SMILES string of the molecule is COCC(=O)N1CCC2(CC1)CC(N(C)c1ccc(F)cc1)CO2. The van der Waals surface area contributed by atoms with E-state index < -0.39 is 0 Å². The van der Waals surface area contributed by atoms with Crippen molar-refractivity contribution in [3.63, 3.8) is 0 Å². The van der Waals surface area contributed by atoms with E-state index in [9.17, 15) is 9.18 Å². The van der Waals surface area contributed by atoms with Crippen molar-refractivity contribution >= 4 is 11.6 Å². The molecule has 5 nitrogen and oxygen atoms in total. The Bertz CT molecular complexity index is 570. The van der Waals surface area contributed by atoms with Gasteiger partial charge in [0.1, 0.15) is 12.4 Å². The second-order valence-corrected chi connectivity index (χ2v) is 6.75. The van der Waals surface area contributed by atoms with Gasteiger partial charge in [0.05, 0.1) is 18.2 Å². The van der Waals surface area contributed by atoms with Crippen molar-refractivity contribution in [1.82, 2.24) is 4.90 Å². The van der Waals surface area contributed by atoms with Crippen LogP contribution in [0.3, 0.4) is 0 Å². The van der Waals surface area contributed by atoms with Crippen LogP contribution in [0.5, 0.6) is 0 Å². The minimum absolute atomic E-state index is 0.0466. The summed E-state index contributed by atoms with van der Waals surface area (Å²) in [6.45, 7) is 2.24. The number of halogens is 1. The average molecular weight is 336 g/mol. The summed E-state index contributed by atoms with van der Waals surface area (Å²) in [4.78, 5) is 15.9. The Morgan fingerprint density at radius 2 is 2.04 bits per heavy atom. The molecule has 1 aromatic carbocycles. The van der Waals surface area contributed by atoms with Gasteiger partial charge in [-0.25, -0.2) is 4.39 Å². The number of carbonyl (C=O) groups is 1. The van der Waals surface area contributed by atoms with Gasteiger partial charge in [-0.3, -0.25) is 4.79 Å². The molecule has 6 heteroatoms. The molecule has 2 aliphatic rings. The molecule has 0 saturated carbocycles. The van der Waals surface area contributed by atoms with Gasteiger partial charge < -0.3 is 19.3 Å². The number of rotatable bonds is 4. The highest BCUT2D eigenvalue weighted by Gasteiger charge is 2.44. The fourth-order valence-electron chi connectivity index (χ4n) is 3.68. The molecule has 1 spiro atoms. The van der Waals surface area contributed by atoms with Crippen molar-refractivity contribution in [2.75, 3.05) is 45.4 Å². The molecule has 1 unspecified atom stereocenters. The van der Waals surface area contributed by atoms with Gasteiger partial charge in [0, 0.05) is 32.9 Å². The van der Waals surface area contributed by atoms with Crippen LogP contribution >= 0.6 is 0 Å². The van der Waals surface area contributed by atoms with Crippen LogP contribution in [0.1, 0.15) is 19.3 Å². The summed E-state index contributed by atoms with van der Waals surface area (Å²) in [6.07, 6.45) is 2.65. The van der Waals surface area contributed by atoms with Gasteiger partial charge >= 0.3 is 0 Å². The Hall–Kier alpha value is -1.66. The van der Waals surface area contributed by atoms with E-state index in [0.29, 0.717) is 6.61 Å². The maximum atomic E-state index is 13.1. The van der Waals surface area contributed by atoms with E-state index in [1.807, 2.05) is 11.9 Å². The third-order valence-corrected chi connectivity index (χ3v) is 5.27. The molecule has 0 bridgehead atoms. The van der Waals surface area contributed by atoms with Crippen LogP contribution in [0.15, 0.2) is 24.3 Å². The quantitative estimate of drug-likeness (QED) is 0.844. The molecule has 132 valence electrons. The van der Waals surface area contributed by atoms with Crippen LogP contribution in [-0.2, 0) is 14.3 Å². The smallest absolute Gasteiger partial charge is 0.248 e. The Labute approximate surface area is 142 Å². The van der Waals surface area contributed by atoms with Gasteiger partial charge in [-0.1, -0.05) is 0 Å². The zero-order valence-corrected chi connectivity index (χ0v) is 14.3. The molecule has 2 saturated heterocycles. The fourth-order valence-corrected chi connectivity index (χ4v) is 3.68. The molecule has 24 heavy (non-hydrogen) atoms. The predicted molar refractivity (Wildman–Crippen MR) is 89.6 cm³/mol. The molecule has 0 N–H and O–H groups in total. The predicted octanol–water partition coefficient (Wildman–Crippen LogP) is 2.06. The first-order chi connectivity index (χ1) is 11.5. The number of piperidine rings is 1. The third-order valence-electron chi connectivity index (χ3n) is 5.27. The number of anilines is 1. The highest BCUT2D eigenvalue weighted by atomic mass is 19.1. The number of hydrogen-bond donors (Lipinski definition) is 0. The Morgan fingerprint density at radius 3 is 2.67 bits per heavy atom. The first-order valence-corrected chi connectivity index (χ1v) is 8.42. The lowest BCUT2D eigenvalue weighted by atomic mass is 9.87. The van der Waals surface area contributed by atoms with Gasteiger partial charge in [0.25, 0.3) is 0 Å². The molecular formula is C18H25FN2O3. The maximum Gasteiger partial charge on any atom is 0.248 e. The van der Waals surface area contributed by atoms with Crippen molar-refractivity contribution in [2.45, 2.75) is 30.9 Å². The lowest BCUT2D eigenvalue weighted by molar-refractivity contribution is -0.139. The minimum atomic E-state index is -0.223. The number of likely N-dealkylation sites (N-methyl/N-ethyl adjacent to an activating group) is 1. The van der Waals surface area contributed by atoms with E-state index in [1.165, 1.54) is 12.1 Å². The standard InChI is InChI=1S/C18H25FN2O3/c1-20(15-5-3-14(19)4-6-15)16-11-18(24-12-16)7-9-21(10-8-18)17(22)13-23-2/h3-6,16H,7-13H2,1-2H3. The molecule has 1 atom stereocenters. The third kappa shape index (κ3) is 3.54. The molecule has 3 rings (SSSR count). The lowest BCUT2D eigenvalue weighted by Gasteiger charge is -2.39. The van der Waals surface area contributed by atoms with Crippen molar-refractivity contribution in [3.8, 4) is 0 Å². The van der Waals surface area contributed by atoms with E-state index in [4.69, 9.17) is 9.47 Å². The number of likely N-dealkylation sites (tertiary alicyclic amines) is 1. The first-order valence-electron chi connectivity index (χ1n) is 8.42. The van der Waals surface area contributed by atoms with Gasteiger partial charge in [-0.05, 0) is 43.5 Å². The largest absolute Gasteiger partial charge is 0.375 e. The van der Waals surface area contributed by atoms with E-state index in [0.717, 1.165) is 38.0 Å². The molecule has 1 amide bonds. The van der Waals surface area contributed by atoms with Crippen molar-refractivity contribution in [1.29, 1.82) is 0 Å². The molecule has 0 aliphatic carbocycles. The van der Waals surface area contributed by atoms with E-state index in [-0.39, 0.29) is 30.0 Å². The number of ether oxygens (including phenoxy) is 2. The van der Waals surface area contributed by atoms with Crippen LogP contribution in [0.25, 0.3) is 0 Å². The zero-order chi connectivity index (χ0) is 17.2. The zero-order valence-electron chi connectivity index (χ0n) is 14.3. The highest BCUT2D eigenvalue weighted by Crippen LogP contribution is 2.38. The lowest BCUT2D eigenvalue weighted by Crippen LogP contribution is -2.47. The summed E-state index contributed by atoms with van der Waals surface area (Å²) in [6, 6.07) is 6.84. The Kier molecular flexibility index (Phi) is 5.06. The number of benzene rings is 1. The second kappa shape index (κ2) is 7.07. The topological polar surface area (TPSA) is 42.0 Å². The van der Waals surface area contributed by atoms with Crippen molar-refractivity contribution < 1.29 is 18.7 Å². The van der Waals surface area contributed by atoms with Gasteiger partial charge in [-0.15, -0.1) is 0 Å². The normalized spacial score (nSPS) is 22.8. The molecule has 2 heterocycles. The summed E-state index contributed by atoms with van der Waals surface area (Å²) in [5.41, 5.74) is 0.859. The fraction of sp³-hybridized carbons (Fsp3) is 0.611. The molecular weight excluding hydrogens is 311 g/mol. The molecule has 0 aromatic heterocycles. The van der Waals surface area contributed by atoms with Crippen LogP contribution in [0, 0.1) is 5.82 Å². The first kappa shape index (κ1) is 17.2. The van der Waals surface area contributed by atoms with Crippen LogP contribution < -0.4 is 4.90 Å². The summed E-state index contributed by atoms with van der Waals surface area (Å²) in [5.74, 6) is -0.176. The second-order valence-electron chi connectivity index (χ2n) is 6.75. The number of hydrogen-bond acceptors (Lipinski definition) is 4. The van der Waals surface area contributed by atoms with Gasteiger partial charge in [0.15, 0.2) is 0 Å². The number of carbonyl (C=O) groups excluding carboxylic acids is 1. The van der Waals surface area contributed by atoms with Crippen LogP contribution in [0.4, 0.5) is 10.1 Å². The summed E-state index contributed by atoms with van der Waals surface area (Å²) in [7, 11) is 3.57. The molecule has 0 radical (unpaired) electrons. The monoisotopic (exact) mass is 336 g/mol. The number of nitrogens with zero attached hydrogens (tertiary/aromatic N) is 2. The molecule has 2 fully saturated rings. The van der Waals surface area contributed by atoms with Crippen LogP contribution in [0.2, 0.25) is 0 Å².